The Hall–Kier alpha value is -1.86. The molecule has 2 atom stereocenters. The molecule has 0 aromatic carbocycles. The van der Waals surface area contributed by atoms with Gasteiger partial charge in [0.25, 0.3) is 0 Å². The van der Waals surface area contributed by atoms with Gasteiger partial charge in [-0.3, -0.25) is 4.79 Å². The molecule has 2 fully saturated rings. The van der Waals surface area contributed by atoms with Crippen LogP contribution in [0.1, 0.15) is 16.8 Å². The van der Waals surface area contributed by atoms with Crippen LogP contribution in [0.2, 0.25) is 5.02 Å². The molecule has 0 unspecified atom stereocenters. The van der Waals surface area contributed by atoms with Crippen molar-refractivity contribution in [1.29, 1.82) is 0 Å². The number of carbonyl (C=O) groups is 2. The normalized spacial score (nSPS) is 27.5. The smallest absolute Gasteiger partial charge is 0.337 e. The fourth-order valence-electron chi connectivity index (χ4n) is 3.24. The zero-order valence-electron chi connectivity index (χ0n) is 11.7. The Balaban J connectivity index is 1.91. The first-order valence-corrected chi connectivity index (χ1v) is 7.27. The molecule has 3 heterocycles. The molecule has 118 valence electrons. The highest BCUT2D eigenvalue weighted by molar-refractivity contribution is 6.33. The first-order chi connectivity index (χ1) is 10.4. The Labute approximate surface area is 131 Å². The molecule has 2 N–H and O–H groups in total. The van der Waals surface area contributed by atoms with Gasteiger partial charge in [0.05, 0.1) is 22.6 Å². The van der Waals surface area contributed by atoms with Gasteiger partial charge in [0.2, 0.25) is 0 Å². The number of pyridine rings is 1. The van der Waals surface area contributed by atoms with Crippen molar-refractivity contribution in [2.45, 2.75) is 6.42 Å². The second kappa shape index (κ2) is 5.40. The summed E-state index contributed by atoms with van der Waals surface area (Å²) in [5.74, 6) is -1.65. The summed E-state index contributed by atoms with van der Waals surface area (Å²) in [6.07, 6.45) is 1.68. The van der Waals surface area contributed by atoms with Crippen LogP contribution in [0.4, 0.5) is 5.82 Å². The minimum Gasteiger partial charge on any atom is -0.481 e. The molecule has 1 aromatic heterocycles. The van der Waals surface area contributed by atoms with Crippen molar-refractivity contribution < 1.29 is 24.5 Å². The molecule has 8 heteroatoms. The van der Waals surface area contributed by atoms with Gasteiger partial charge in [-0.25, -0.2) is 9.78 Å². The highest BCUT2D eigenvalue weighted by atomic mass is 35.5. The summed E-state index contributed by atoms with van der Waals surface area (Å²) in [7, 11) is 0. The van der Waals surface area contributed by atoms with Gasteiger partial charge >= 0.3 is 11.9 Å². The van der Waals surface area contributed by atoms with Crippen LogP contribution in [0, 0.1) is 11.3 Å². The molecule has 2 saturated heterocycles. The van der Waals surface area contributed by atoms with Gasteiger partial charge in [0.15, 0.2) is 0 Å². The molecule has 3 rings (SSSR count). The van der Waals surface area contributed by atoms with E-state index in [0.717, 1.165) is 0 Å². The average Bonchev–Trinajstić information content (AvgIpc) is 2.87. The highest BCUT2D eigenvalue weighted by Gasteiger charge is 2.54. The lowest BCUT2D eigenvalue weighted by Gasteiger charge is -2.33. The fraction of sp³-hybridized carbons (Fsp3) is 0.500. The molecular formula is C14H15ClN2O5. The van der Waals surface area contributed by atoms with Crippen molar-refractivity contribution >= 4 is 29.4 Å². The molecule has 7 nitrogen and oxygen atoms in total. The van der Waals surface area contributed by atoms with E-state index in [2.05, 4.69) is 4.98 Å². The quantitative estimate of drug-likeness (QED) is 0.865. The molecule has 1 aromatic rings. The summed E-state index contributed by atoms with van der Waals surface area (Å²) in [5, 5.41) is 18.8. The molecule has 22 heavy (non-hydrogen) atoms. The number of aliphatic carboxylic acids is 1. The van der Waals surface area contributed by atoms with Gasteiger partial charge in [-0.05, 0) is 12.5 Å². The molecule has 2 aliphatic rings. The second-order valence-corrected chi connectivity index (χ2v) is 6.11. The van der Waals surface area contributed by atoms with Gasteiger partial charge < -0.3 is 19.8 Å². The van der Waals surface area contributed by atoms with E-state index in [0.29, 0.717) is 38.5 Å². The van der Waals surface area contributed by atoms with E-state index in [9.17, 15) is 14.7 Å². The zero-order valence-corrected chi connectivity index (χ0v) is 12.4. The van der Waals surface area contributed by atoms with Crippen molar-refractivity contribution in [2.75, 3.05) is 31.2 Å². The van der Waals surface area contributed by atoms with E-state index in [4.69, 9.17) is 21.4 Å². The van der Waals surface area contributed by atoms with Gasteiger partial charge in [-0.15, -0.1) is 0 Å². The molecule has 0 radical (unpaired) electrons. The van der Waals surface area contributed by atoms with Crippen molar-refractivity contribution in [2.24, 2.45) is 11.3 Å². The largest absolute Gasteiger partial charge is 0.481 e. The number of carboxylic acids is 2. The third kappa shape index (κ3) is 2.30. The third-order valence-corrected chi connectivity index (χ3v) is 4.78. The summed E-state index contributed by atoms with van der Waals surface area (Å²) < 4.78 is 5.40. The van der Waals surface area contributed by atoms with E-state index >= 15 is 0 Å². The lowest BCUT2D eigenvalue weighted by atomic mass is 9.74. The summed E-state index contributed by atoms with van der Waals surface area (Å²) in [6, 6.07) is 1.33. The minimum atomic E-state index is -1.11. The number of carboxylic acid groups (broad SMARTS) is 2. The maximum Gasteiger partial charge on any atom is 0.337 e. The number of anilines is 1. The summed E-state index contributed by atoms with van der Waals surface area (Å²) in [4.78, 5) is 28.6. The number of rotatable bonds is 3. The van der Waals surface area contributed by atoms with Crippen LogP contribution in [-0.2, 0) is 9.53 Å². The molecular weight excluding hydrogens is 312 g/mol. The maximum atomic E-state index is 11.7. The second-order valence-electron chi connectivity index (χ2n) is 5.70. The fourth-order valence-corrected chi connectivity index (χ4v) is 3.53. The van der Waals surface area contributed by atoms with E-state index in [-0.39, 0.29) is 16.5 Å². The van der Waals surface area contributed by atoms with Crippen molar-refractivity contribution in [3.63, 3.8) is 0 Å². The van der Waals surface area contributed by atoms with E-state index in [1.165, 1.54) is 12.3 Å². The van der Waals surface area contributed by atoms with E-state index in [1.54, 1.807) is 4.90 Å². The first-order valence-electron chi connectivity index (χ1n) is 6.89. The van der Waals surface area contributed by atoms with Crippen LogP contribution in [-0.4, -0.2) is 53.4 Å². The van der Waals surface area contributed by atoms with Crippen LogP contribution in [0.15, 0.2) is 12.3 Å². The Morgan fingerprint density at radius 3 is 2.82 bits per heavy atom. The van der Waals surface area contributed by atoms with Crippen LogP contribution < -0.4 is 4.90 Å². The topological polar surface area (TPSA) is 100.0 Å². The Bertz CT molecular complexity index is 638. The number of hydrogen-bond donors (Lipinski definition) is 2. The van der Waals surface area contributed by atoms with Crippen LogP contribution in [0.25, 0.3) is 0 Å². The number of aromatic carboxylic acids is 1. The van der Waals surface area contributed by atoms with Gasteiger partial charge in [0.1, 0.15) is 5.82 Å². The number of ether oxygens (including phenoxy) is 1. The van der Waals surface area contributed by atoms with Crippen LogP contribution in [0.3, 0.4) is 0 Å². The maximum absolute atomic E-state index is 11.7. The molecule has 0 aliphatic carbocycles. The van der Waals surface area contributed by atoms with Crippen molar-refractivity contribution in [1.82, 2.24) is 4.98 Å². The van der Waals surface area contributed by atoms with Crippen molar-refractivity contribution in [3.05, 3.63) is 22.8 Å². The lowest BCUT2D eigenvalue weighted by molar-refractivity contribution is -0.157. The Kier molecular flexibility index (Phi) is 3.70. The van der Waals surface area contributed by atoms with E-state index in [1.807, 2.05) is 0 Å². The first kappa shape index (κ1) is 15.1. The molecule has 0 amide bonds. The summed E-state index contributed by atoms with van der Waals surface area (Å²) >= 11 is 6.13. The molecule has 0 saturated carbocycles. The number of nitrogens with zero attached hydrogens (tertiary/aromatic N) is 2. The number of fused-ring (bicyclic) bond motifs is 1. The SMILES string of the molecule is O=C(O)c1cnc(N2C[C@@H]3COCC[C@]3(C(=O)O)C2)c(Cl)c1. The van der Waals surface area contributed by atoms with E-state index < -0.39 is 17.4 Å². The zero-order chi connectivity index (χ0) is 15.9. The average molecular weight is 327 g/mol. The third-order valence-electron chi connectivity index (χ3n) is 4.50. The number of aromatic nitrogens is 1. The molecule has 0 spiro atoms. The van der Waals surface area contributed by atoms with Crippen LogP contribution >= 0.6 is 11.6 Å². The lowest BCUT2D eigenvalue weighted by Crippen LogP contribution is -2.44. The molecule has 2 aliphatic heterocycles. The predicted octanol–water partition coefficient (Wildman–Crippen LogP) is 1.36. The van der Waals surface area contributed by atoms with Crippen LogP contribution in [0.5, 0.6) is 0 Å². The Morgan fingerprint density at radius 1 is 1.45 bits per heavy atom. The molecule has 0 bridgehead atoms. The number of halogens is 1. The minimum absolute atomic E-state index is 0.00152. The summed E-state index contributed by atoms with van der Waals surface area (Å²) in [5.41, 5.74) is -0.851. The Morgan fingerprint density at radius 2 is 2.23 bits per heavy atom. The van der Waals surface area contributed by atoms with Gasteiger partial charge in [0, 0.05) is 31.8 Å². The van der Waals surface area contributed by atoms with Crippen molar-refractivity contribution in [3.8, 4) is 0 Å². The monoisotopic (exact) mass is 326 g/mol. The van der Waals surface area contributed by atoms with Gasteiger partial charge in [-0.2, -0.15) is 0 Å². The van der Waals surface area contributed by atoms with Gasteiger partial charge in [-0.1, -0.05) is 11.6 Å². The highest BCUT2D eigenvalue weighted by Crippen LogP contribution is 2.44. The standard InChI is InChI=1S/C14H15ClN2O5/c15-10-3-8(12(18)19)4-16-11(10)17-5-9-6-22-2-1-14(9,7-17)13(20)21/h3-4,9H,1-2,5-7H2,(H,18,19)(H,20,21)/t9-,14+/m1/s1. The predicted molar refractivity (Wildman–Crippen MR) is 77.4 cm³/mol. The summed E-state index contributed by atoms with van der Waals surface area (Å²) in [6.45, 7) is 1.60. The number of hydrogen-bond acceptors (Lipinski definition) is 5.